The lowest BCUT2D eigenvalue weighted by molar-refractivity contribution is 1.25. The third-order valence-electron chi connectivity index (χ3n) is 5.20. The summed E-state index contributed by atoms with van der Waals surface area (Å²) in [7, 11) is 0. The summed E-state index contributed by atoms with van der Waals surface area (Å²) >= 11 is 1.78. The van der Waals surface area contributed by atoms with E-state index in [9.17, 15) is 4.79 Å². The van der Waals surface area contributed by atoms with Crippen molar-refractivity contribution in [2.24, 2.45) is 0 Å². The fourth-order valence-electron chi connectivity index (χ4n) is 3.74. The summed E-state index contributed by atoms with van der Waals surface area (Å²) in [6.45, 7) is 0. The van der Waals surface area contributed by atoms with Crippen LogP contribution in [-0.4, -0.2) is 15.0 Å². The fourth-order valence-corrected chi connectivity index (χ4v) is 4.80. The van der Waals surface area contributed by atoms with Gasteiger partial charge < -0.3 is 9.97 Å². The van der Waals surface area contributed by atoms with Gasteiger partial charge in [-0.05, 0) is 58.8 Å². The summed E-state index contributed by atoms with van der Waals surface area (Å²) < 4.78 is 1.27. The molecule has 0 saturated carbocycles. The van der Waals surface area contributed by atoms with Gasteiger partial charge in [-0.25, -0.2) is 4.98 Å². The molecule has 0 aliphatic rings. The highest BCUT2D eigenvalue weighted by molar-refractivity contribution is 7.22. The van der Waals surface area contributed by atoms with Crippen LogP contribution in [0, 0.1) is 0 Å². The molecule has 0 fully saturated rings. The van der Waals surface area contributed by atoms with Crippen molar-refractivity contribution in [3.63, 3.8) is 0 Å². The first kappa shape index (κ1) is 16.3. The number of nitrogens with one attached hydrogen (secondary N) is 2. The number of rotatable bonds is 2. The number of thiophene rings is 1. The number of hydrogen-bond donors (Lipinski definition) is 2. The van der Waals surface area contributed by atoms with Crippen LogP contribution < -0.4 is 5.56 Å². The summed E-state index contributed by atoms with van der Waals surface area (Å²) in [6.07, 6.45) is 0. The highest BCUT2D eigenvalue weighted by atomic mass is 32.1. The smallest absolute Gasteiger partial charge is 0.259 e. The topological polar surface area (TPSA) is 61.5 Å². The van der Waals surface area contributed by atoms with E-state index in [-0.39, 0.29) is 5.56 Å². The van der Waals surface area contributed by atoms with Crippen molar-refractivity contribution in [2.45, 2.75) is 0 Å². The summed E-state index contributed by atoms with van der Waals surface area (Å²) in [4.78, 5) is 24.7. The maximum Gasteiger partial charge on any atom is 0.259 e. The molecule has 5 heteroatoms. The van der Waals surface area contributed by atoms with Crippen LogP contribution in [0.5, 0.6) is 0 Å². The summed E-state index contributed by atoms with van der Waals surface area (Å²) in [5, 5.41) is 2.23. The molecule has 0 saturated heterocycles. The molecule has 0 unspecified atom stereocenters. The number of nitrogens with zero attached hydrogens (tertiary/aromatic N) is 1. The third kappa shape index (κ3) is 2.67. The number of imidazole rings is 1. The highest BCUT2D eigenvalue weighted by Crippen LogP contribution is 2.34. The minimum Gasteiger partial charge on any atom is -0.338 e. The van der Waals surface area contributed by atoms with Gasteiger partial charge >= 0.3 is 0 Å². The van der Waals surface area contributed by atoms with Crippen molar-refractivity contribution in [3.05, 3.63) is 89.2 Å². The van der Waals surface area contributed by atoms with E-state index < -0.39 is 0 Å². The second-order valence-corrected chi connectivity index (χ2v) is 8.15. The van der Waals surface area contributed by atoms with Gasteiger partial charge in [0.2, 0.25) is 0 Å². The Kier molecular flexibility index (Phi) is 3.45. The van der Waals surface area contributed by atoms with Crippen LogP contribution in [0.3, 0.4) is 0 Å². The van der Waals surface area contributed by atoms with E-state index in [1.54, 1.807) is 11.3 Å². The Morgan fingerprint density at radius 2 is 1.62 bits per heavy atom. The molecular weight excluding hydrogens is 378 g/mol. The molecule has 4 nitrogen and oxygen atoms in total. The minimum absolute atomic E-state index is 0.147. The van der Waals surface area contributed by atoms with Gasteiger partial charge in [-0.3, -0.25) is 4.79 Å². The van der Waals surface area contributed by atoms with E-state index in [1.807, 2.05) is 36.4 Å². The van der Waals surface area contributed by atoms with Crippen molar-refractivity contribution in [3.8, 4) is 21.8 Å². The predicted molar refractivity (Wildman–Crippen MR) is 120 cm³/mol. The van der Waals surface area contributed by atoms with Crippen LogP contribution in [0.15, 0.2) is 83.7 Å². The number of aromatic nitrogens is 3. The first-order valence-electron chi connectivity index (χ1n) is 9.36. The molecule has 0 atom stereocenters. The zero-order chi connectivity index (χ0) is 19.4. The van der Waals surface area contributed by atoms with Crippen molar-refractivity contribution >= 4 is 43.4 Å². The molecule has 0 aliphatic carbocycles. The molecular formula is C24H15N3OS. The summed E-state index contributed by atoms with van der Waals surface area (Å²) in [6, 6.07) is 26.5. The Balaban J connectivity index is 1.52. The molecule has 3 aromatic heterocycles. The number of benzene rings is 3. The van der Waals surface area contributed by atoms with E-state index in [4.69, 9.17) is 0 Å². The minimum atomic E-state index is -0.147. The van der Waals surface area contributed by atoms with Gasteiger partial charge in [0.25, 0.3) is 5.56 Å². The molecule has 3 heterocycles. The second-order valence-electron chi connectivity index (χ2n) is 7.07. The average Bonchev–Trinajstić information content (AvgIpc) is 3.37. The lowest BCUT2D eigenvalue weighted by atomic mass is 10.1. The first-order valence-corrected chi connectivity index (χ1v) is 10.2. The summed E-state index contributed by atoms with van der Waals surface area (Å²) in [5.74, 6) is 0.585. The monoisotopic (exact) mass is 393 g/mol. The van der Waals surface area contributed by atoms with Gasteiger partial charge in [-0.2, -0.15) is 0 Å². The van der Waals surface area contributed by atoms with Gasteiger partial charge in [0.15, 0.2) is 0 Å². The van der Waals surface area contributed by atoms with Gasteiger partial charge in [0.1, 0.15) is 5.82 Å². The van der Waals surface area contributed by atoms with Crippen LogP contribution in [0.4, 0.5) is 0 Å². The molecule has 138 valence electrons. The van der Waals surface area contributed by atoms with Crippen molar-refractivity contribution < 1.29 is 0 Å². The van der Waals surface area contributed by atoms with E-state index in [2.05, 4.69) is 57.4 Å². The quantitative estimate of drug-likeness (QED) is 0.382. The fraction of sp³-hybridized carbons (Fsp3) is 0. The van der Waals surface area contributed by atoms with Gasteiger partial charge in [0.05, 0.1) is 16.6 Å². The van der Waals surface area contributed by atoms with Crippen molar-refractivity contribution in [2.75, 3.05) is 0 Å². The van der Waals surface area contributed by atoms with Crippen LogP contribution >= 0.6 is 11.3 Å². The maximum atomic E-state index is 12.7. The Morgan fingerprint density at radius 1 is 0.759 bits per heavy atom. The molecule has 29 heavy (non-hydrogen) atoms. The van der Waals surface area contributed by atoms with Crippen LogP contribution in [0.2, 0.25) is 0 Å². The number of hydrogen-bond acceptors (Lipinski definition) is 3. The van der Waals surface area contributed by atoms with Crippen LogP contribution in [0.25, 0.3) is 53.9 Å². The third-order valence-corrected chi connectivity index (χ3v) is 6.36. The normalized spacial score (nSPS) is 11.6. The number of aromatic amines is 2. The number of H-pyrrole nitrogens is 2. The largest absolute Gasteiger partial charge is 0.338 e. The Morgan fingerprint density at radius 3 is 2.52 bits per heavy atom. The zero-order valence-corrected chi connectivity index (χ0v) is 16.1. The molecule has 0 amide bonds. The Hall–Kier alpha value is -3.70. The van der Waals surface area contributed by atoms with Crippen molar-refractivity contribution in [1.82, 2.24) is 15.0 Å². The number of para-hydroxylation sites is 2. The lowest BCUT2D eigenvalue weighted by Crippen LogP contribution is -2.09. The van der Waals surface area contributed by atoms with E-state index >= 15 is 0 Å². The molecule has 0 aliphatic heterocycles. The van der Waals surface area contributed by atoms with Gasteiger partial charge in [-0.1, -0.05) is 36.4 Å². The predicted octanol–water partition coefficient (Wildman–Crippen LogP) is 5.95. The number of fused-ring (bicyclic) bond motifs is 3. The molecule has 6 aromatic rings. The molecule has 2 N–H and O–H groups in total. The first-order chi connectivity index (χ1) is 14.2. The molecule has 0 bridgehead atoms. The summed E-state index contributed by atoms with van der Waals surface area (Å²) in [5.41, 5.74) is 4.12. The van der Waals surface area contributed by atoms with Gasteiger partial charge in [-0.15, -0.1) is 11.3 Å². The van der Waals surface area contributed by atoms with Gasteiger partial charge in [0, 0.05) is 15.1 Å². The highest BCUT2D eigenvalue weighted by Gasteiger charge is 2.12. The van der Waals surface area contributed by atoms with Crippen LogP contribution in [-0.2, 0) is 0 Å². The molecule has 6 rings (SSSR count). The Bertz CT molecular complexity index is 1520. The van der Waals surface area contributed by atoms with E-state index in [1.165, 1.54) is 15.0 Å². The molecule has 0 radical (unpaired) electrons. The number of pyridine rings is 1. The maximum absolute atomic E-state index is 12.7. The van der Waals surface area contributed by atoms with Crippen molar-refractivity contribution in [1.29, 1.82) is 0 Å². The molecule has 0 spiro atoms. The molecule has 3 aromatic carbocycles. The SMILES string of the molecule is O=c1[nH]c2ccc(-c3cc4ccccc4s3)cc2cc1-c1nc2ccccc2[nH]1. The standard InChI is InChI=1S/C24H15N3OS/c28-24-17(23-25-19-6-2-3-7-20(19)26-23)12-16-11-15(9-10-18(16)27-24)22-13-14-5-1-4-8-21(14)29-22/h1-13H,(H,25,26)(H,27,28). The average molecular weight is 393 g/mol. The second kappa shape index (κ2) is 6.15. The van der Waals surface area contributed by atoms with E-state index in [0.29, 0.717) is 11.4 Å². The van der Waals surface area contributed by atoms with E-state index in [0.717, 1.165) is 27.5 Å². The Labute approximate surface area is 169 Å². The lowest BCUT2D eigenvalue weighted by Gasteiger charge is -2.04. The zero-order valence-electron chi connectivity index (χ0n) is 15.3. The van der Waals surface area contributed by atoms with Crippen LogP contribution in [0.1, 0.15) is 0 Å².